The SMILES string of the molecule is C[C@@H](NC(=O)C1(NS(=O)(=O)c2ccc(N)c(N)c2)CCCCC1)c1ccccc1. The summed E-state index contributed by atoms with van der Waals surface area (Å²) >= 11 is 0. The number of hydrogen-bond donors (Lipinski definition) is 4. The van der Waals surface area contributed by atoms with Gasteiger partial charge in [0.25, 0.3) is 0 Å². The molecule has 8 heteroatoms. The topological polar surface area (TPSA) is 127 Å². The Hall–Kier alpha value is -2.58. The summed E-state index contributed by atoms with van der Waals surface area (Å²) in [4.78, 5) is 13.2. The van der Waals surface area contributed by atoms with Gasteiger partial charge >= 0.3 is 0 Å². The van der Waals surface area contributed by atoms with E-state index in [1.165, 1.54) is 18.2 Å². The largest absolute Gasteiger partial charge is 0.397 e. The maximum atomic E-state index is 13.3. The predicted molar refractivity (Wildman–Crippen MR) is 114 cm³/mol. The molecule has 1 saturated carbocycles. The van der Waals surface area contributed by atoms with Crippen molar-refractivity contribution in [1.82, 2.24) is 10.0 Å². The van der Waals surface area contributed by atoms with Gasteiger partial charge in [0.2, 0.25) is 15.9 Å². The molecule has 0 spiro atoms. The molecule has 0 unspecified atom stereocenters. The van der Waals surface area contributed by atoms with Crippen molar-refractivity contribution >= 4 is 27.3 Å². The van der Waals surface area contributed by atoms with Crippen LogP contribution in [0.15, 0.2) is 53.4 Å². The van der Waals surface area contributed by atoms with Crippen LogP contribution in [0, 0.1) is 0 Å². The lowest BCUT2D eigenvalue weighted by atomic mass is 9.81. The Morgan fingerprint density at radius 2 is 1.66 bits per heavy atom. The number of benzene rings is 2. The Balaban J connectivity index is 1.86. The Labute approximate surface area is 171 Å². The summed E-state index contributed by atoms with van der Waals surface area (Å²) in [5.41, 5.74) is 11.7. The third-order valence-electron chi connectivity index (χ3n) is 5.49. The smallest absolute Gasteiger partial charge is 0.241 e. The first-order chi connectivity index (χ1) is 13.7. The van der Waals surface area contributed by atoms with Crippen molar-refractivity contribution in [3.05, 3.63) is 54.1 Å². The molecular weight excluding hydrogens is 388 g/mol. The zero-order chi connectivity index (χ0) is 21.1. The predicted octanol–water partition coefficient (Wildman–Crippen LogP) is 2.71. The summed E-state index contributed by atoms with van der Waals surface area (Å²) in [6, 6.07) is 13.5. The molecular formula is C21H28N4O3S. The van der Waals surface area contributed by atoms with E-state index in [9.17, 15) is 13.2 Å². The minimum Gasteiger partial charge on any atom is -0.397 e. The van der Waals surface area contributed by atoms with Gasteiger partial charge < -0.3 is 16.8 Å². The van der Waals surface area contributed by atoms with Crippen molar-refractivity contribution in [1.29, 1.82) is 0 Å². The van der Waals surface area contributed by atoms with Crippen LogP contribution in [0.2, 0.25) is 0 Å². The maximum Gasteiger partial charge on any atom is 0.241 e. The molecule has 0 aromatic heterocycles. The molecule has 3 rings (SSSR count). The summed E-state index contributed by atoms with van der Waals surface area (Å²) in [5.74, 6) is -0.305. The van der Waals surface area contributed by atoms with Crippen LogP contribution < -0.4 is 21.5 Å². The van der Waals surface area contributed by atoms with Gasteiger partial charge in [0.05, 0.1) is 22.3 Å². The minimum atomic E-state index is -3.95. The number of nitrogens with two attached hydrogens (primary N) is 2. The van der Waals surface area contributed by atoms with Crippen LogP contribution in [-0.2, 0) is 14.8 Å². The van der Waals surface area contributed by atoms with Crippen molar-refractivity contribution in [2.45, 2.75) is 55.5 Å². The van der Waals surface area contributed by atoms with Crippen LogP contribution in [-0.4, -0.2) is 19.9 Å². The van der Waals surface area contributed by atoms with Gasteiger partial charge in [0, 0.05) is 0 Å². The molecule has 0 bridgehead atoms. The van der Waals surface area contributed by atoms with E-state index >= 15 is 0 Å². The molecule has 0 heterocycles. The van der Waals surface area contributed by atoms with Crippen LogP contribution in [0.25, 0.3) is 0 Å². The van der Waals surface area contributed by atoms with Gasteiger partial charge in [0.15, 0.2) is 0 Å². The quantitative estimate of drug-likeness (QED) is 0.539. The Kier molecular flexibility index (Phi) is 6.14. The van der Waals surface area contributed by atoms with E-state index in [-0.39, 0.29) is 22.5 Å². The number of nitrogens with one attached hydrogen (secondary N) is 2. The molecule has 29 heavy (non-hydrogen) atoms. The van der Waals surface area contributed by atoms with E-state index < -0.39 is 15.6 Å². The van der Waals surface area contributed by atoms with E-state index in [0.29, 0.717) is 18.5 Å². The molecule has 2 aromatic rings. The molecule has 0 aliphatic heterocycles. The molecule has 1 atom stereocenters. The summed E-state index contributed by atoms with van der Waals surface area (Å²) in [6.07, 6.45) is 3.42. The number of rotatable bonds is 6. The Morgan fingerprint density at radius 3 is 2.28 bits per heavy atom. The number of nitrogen functional groups attached to an aromatic ring is 2. The fourth-order valence-electron chi connectivity index (χ4n) is 3.73. The van der Waals surface area contributed by atoms with Crippen LogP contribution >= 0.6 is 0 Å². The summed E-state index contributed by atoms with van der Waals surface area (Å²) in [6.45, 7) is 1.89. The molecule has 6 N–H and O–H groups in total. The Bertz CT molecular complexity index is 971. The Morgan fingerprint density at radius 1 is 1.00 bits per heavy atom. The number of amides is 1. The van der Waals surface area contributed by atoms with E-state index in [1.807, 2.05) is 37.3 Å². The number of carbonyl (C=O) groups excluding carboxylic acids is 1. The van der Waals surface area contributed by atoms with Gasteiger partial charge in [-0.05, 0) is 43.5 Å². The highest BCUT2D eigenvalue weighted by Gasteiger charge is 2.43. The van der Waals surface area contributed by atoms with Crippen LogP contribution in [0.1, 0.15) is 50.6 Å². The first-order valence-electron chi connectivity index (χ1n) is 9.78. The van der Waals surface area contributed by atoms with Crippen LogP contribution in [0.4, 0.5) is 11.4 Å². The van der Waals surface area contributed by atoms with Gasteiger partial charge in [-0.1, -0.05) is 49.6 Å². The van der Waals surface area contributed by atoms with Gasteiger partial charge in [-0.15, -0.1) is 0 Å². The number of sulfonamides is 1. The molecule has 1 aliphatic carbocycles. The van der Waals surface area contributed by atoms with Crippen molar-refractivity contribution in [3.8, 4) is 0 Å². The molecule has 1 fully saturated rings. The second-order valence-electron chi connectivity index (χ2n) is 7.64. The number of carbonyl (C=O) groups is 1. The minimum absolute atomic E-state index is 0.00180. The second kappa shape index (κ2) is 8.42. The first-order valence-corrected chi connectivity index (χ1v) is 11.3. The monoisotopic (exact) mass is 416 g/mol. The van der Waals surface area contributed by atoms with Gasteiger partial charge in [-0.25, -0.2) is 8.42 Å². The fraction of sp³-hybridized carbons (Fsp3) is 0.381. The van der Waals surface area contributed by atoms with E-state index in [2.05, 4.69) is 10.0 Å². The van der Waals surface area contributed by atoms with Gasteiger partial charge in [0.1, 0.15) is 5.54 Å². The zero-order valence-electron chi connectivity index (χ0n) is 16.5. The lowest BCUT2D eigenvalue weighted by Gasteiger charge is -2.37. The normalized spacial score (nSPS) is 17.4. The van der Waals surface area contributed by atoms with Crippen molar-refractivity contribution < 1.29 is 13.2 Å². The van der Waals surface area contributed by atoms with E-state index in [4.69, 9.17) is 11.5 Å². The molecule has 0 saturated heterocycles. The second-order valence-corrected chi connectivity index (χ2v) is 9.33. The fourth-order valence-corrected chi connectivity index (χ4v) is 5.19. The lowest BCUT2D eigenvalue weighted by molar-refractivity contribution is -0.128. The molecule has 7 nitrogen and oxygen atoms in total. The summed E-state index contributed by atoms with van der Waals surface area (Å²) < 4.78 is 28.8. The first kappa shape index (κ1) is 21.1. The molecule has 156 valence electrons. The van der Waals surface area contributed by atoms with Crippen molar-refractivity contribution in [3.63, 3.8) is 0 Å². The van der Waals surface area contributed by atoms with E-state index in [1.54, 1.807) is 0 Å². The summed E-state index contributed by atoms with van der Waals surface area (Å²) in [7, 11) is -3.95. The van der Waals surface area contributed by atoms with Gasteiger partial charge in [-0.2, -0.15) is 4.72 Å². The number of hydrogen-bond acceptors (Lipinski definition) is 5. The maximum absolute atomic E-state index is 13.3. The van der Waals surface area contributed by atoms with Crippen molar-refractivity contribution in [2.75, 3.05) is 11.5 Å². The highest BCUT2D eigenvalue weighted by atomic mass is 32.2. The highest BCUT2D eigenvalue weighted by molar-refractivity contribution is 7.89. The van der Waals surface area contributed by atoms with Crippen LogP contribution in [0.5, 0.6) is 0 Å². The van der Waals surface area contributed by atoms with Crippen molar-refractivity contribution in [2.24, 2.45) is 0 Å². The third kappa shape index (κ3) is 4.71. The number of anilines is 2. The summed E-state index contributed by atoms with van der Waals surface area (Å²) in [5, 5.41) is 2.99. The molecule has 2 aromatic carbocycles. The lowest BCUT2D eigenvalue weighted by Crippen LogP contribution is -2.59. The zero-order valence-corrected chi connectivity index (χ0v) is 17.3. The average Bonchev–Trinajstić information content (AvgIpc) is 2.71. The average molecular weight is 417 g/mol. The molecule has 0 radical (unpaired) electrons. The standard InChI is InChI=1S/C21H28N4O3S/c1-15(16-8-4-2-5-9-16)24-20(26)21(12-6-3-7-13-21)25-29(27,28)17-10-11-18(22)19(23)14-17/h2,4-5,8-11,14-15,25H,3,6-7,12-13,22-23H2,1H3,(H,24,26)/t15-/m1/s1. The highest BCUT2D eigenvalue weighted by Crippen LogP contribution is 2.32. The van der Waals surface area contributed by atoms with Crippen LogP contribution in [0.3, 0.4) is 0 Å². The van der Waals surface area contributed by atoms with Gasteiger partial charge in [-0.3, -0.25) is 4.79 Å². The third-order valence-corrected chi connectivity index (χ3v) is 7.02. The molecule has 1 amide bonds. The molecule has 1 aliphatic rings. The van der Waals surface area contributed by atoms with E-state index in [0.717, 1.165) is 24.8 Å².